The van der Waals surface area contributed by atoms with Gasteiger partial charge in [0.25, 0.3) is 0 Å². The second-order valence-electron chi connectivity index (χ2n) is 9.83. The Bertz CT molecular complexity index is 1380. The van der Waals surface area contributed by atoms with E-state index in [1.165, 1.54) is 0 Å². The van der Waals surface area contributed by atoms with Gasteiger partial charge in [-0.2, -0.15) is 10.2 Å². The number of anilines is 2. The number of alkyl halides is 1. The lowest BCUT2D eigenvalue weighted by Crippen LogP contribution is -2.35. The number of aryl methyl sites for hydroxylation is 3. The number of halogens is 1. The molecule has 2 aliphatic heterocycles. The molecule has 0 spiro atoms. The maximum atomic E-state index is 14.3. The van der Waals surface area contributed by atoms with Crippen LogP contribution >= 0.6 is 0 Å². The summed E-state index contributed by atoms with van der Waals surface area (Å²) in [6.07, 6.45) is 7.23. The van der Waals surface area contributed by atoms with E-state index in [0.717, 1.165) is 66.3 Å². The van der Waals surface area contributed by atoms with Crippen LogP contribution in [0.15, 0.2) is 36.7 Å². The molecule has 0 aliphatic carbocycles. The summed E-state index contributed by atoms with van der Waals surface area (Å²) >= 11 is 0. The fraction of sp³-hybridized carbons (Fsp3) is 0.462. The first-order valence-corrected chi connectivity index (χ1v) is 12.7. The van der Waals surface area contributed by atoms with Crippen molar-refractivity contribution in [1.29, 1.82) is 0 Å². The van der Waals surface area contributed by atoms with E-state index >= 15 is 0 Å². The van der Waals surface area contributed by atoms with Crippen molar-refractivity contribution in [2.75, 3.05) is 25.0 Å². The van der Waals surface area contributed by atoms with Crippen molar-refractivity contribution in [1.82, 2.24) is 34.3 Å². The lowest BCUT2D eigenvalue weighted by atomic mass is 10.1. The molecule has 5 bridgehead atoms. The van der Waals surface area contributed by atoms with E-state index in [9.17, 15) is 4.39 Å². The van der Waals surface area contributed by atoms with Crippen molar-refractivity contribution >= 4 is 17.2 Å². The van der Waals surface area contributed by atoms with Gasteiger partial charge in [-0.25, -0.2) is 18.9 Å². The molecule has 10 heteroatoms. The van der Waals surface area contributed by atoms with E-state index < -0.39 is 6.17 Å². The number of nitrogens with one attached hydrogen (secondary N) is 1. The van der Waals surface area contributed by atoms with Crippen LogP contribution in [0.4, 0.5) is 16.0 Å². The maximum absolute atomic E-state index is 14.3. The monoisotopic (exact) mass is 490 g/mol. The third kappa shape index (κ3) is 4.65. The Morgan fingerprint density at radius 3 is 2.94 bits per heavy atom. The number of pyridine rings is 1. The second kappa shape index (κ2) is 9.50. The normalized spacial score (nSPS) is 21.2. The fourth-order valence-electron chi connectivity index (χ4n) is 5.32. The van der Waals surface area contributed by atoms with Crippen molar-refractivity contribution in [3.8, 4) is 17.0 Å². The van der Waals surface area contributed by atoms with Gasteiger partial charge >= 0.3 is 0 Å². The van der Waals surface area contributed by atoms with E-state index in [-0.39, 0.29) is 6.04 Å². The quantitative estimate of drug-likeness (QED) is 0.397. The highest BCUT2D eigenvalue weighted by Gasteiger charge is 2.32. The third-order valence-corrected chi connectivity index (χ3v) is 7.05. The molecule has 9 nitrogen and oxygen atoms in total. The standard InChI is InChI=1S/C26H31FN8O/c1-17-10-24-30-23(29-17)6-4-3-5-8-34-15-19(27)12-21(34)16-36-22-14-28-33(2)26(22)18-7-9-35-20(11-18)13-25(31-24)32-35/h7,9-11,13-14,19,21H,3-6,8,12,15-16H2,1-2H3,(H,29,30,31,32)/t19-,21-/m1/s1. The predicted molar refractivity (Wildman–Crippen MR) is 135 cm³/mol. The largest absolute Gasteiger partial charge is 0.488 e. The third-order valence-electron chi connectivity index (χ3n) is 7.05. The molecule has 36 heavy (non-hydrogen) atoms. The SMILES string of the molecule is Cc1cc2nc(n1)CCCCCN1C[C@H](F)C[C@@H]1COc1cnn(C)c1-c1ccn3nc(cc3c1)N2. The number of aromatic nitrogens is 6. The Kier molecular flexibility index (Phi) is 6.04. The first kappa shape index (κ1) is 22.9. The fourth-order valence-corrected chi connectivity index (χ4v) is 5.32. The highest BCUT2D eigenvalue weighted by molar-refractivity contribution is 5.72. The lowest BCUT2D eigenvalue weighted by molar-refractivity contribution is 0.170. The van der Waals surface area contributed by atoms with Gasteiger partial charge in [0.15, 0.2) is 11.6 Å². The van der Waals surface area contributed by atoms with Crippen LogP contribution < -0.4 is 10.1 Å². The molecule has 4 aromatic rings. The molecule has 0 amide bonds. The van der Waals surface area contributed by atoms with E-state index in [1.54, 1.807) is 6.20 Å². The van der Waals surface area contributed by atoms with Crippen LogP contribution in [0.2, 0.25) is 0 Å². The highest BCUT2D eigenvalue weighted by Crippen LogP contribution is 2.32. The summed E-state index contributed by atoms with van der Waals surface area (Å²) in [7, 11) is 1.91. The summed E-state index contributed by atoms with van der Waals surface area (Å²) in [5.41, 5.74) is 3.73. The number of fused-ring (bicyclic) bond motifs is 7. The number of ether oxygens (including phenoxy) is 1. The highest BCUT2D eigenvalue weighted by atomic mass is 19.1. The number of hydrogen-bond donors (Lipinski definition) is 1. The Hall–Kier alpha value is -3.53. The molecular weight excluding hydrogens is 459 g/mol. The van der Waals surface area contributed by atoms with Crippen molar-refractivity contribution in [3.05, 3.63) is 48.2 Å². The molecule has 0 saturated carbocycles. The molecule has 6 heterocycles. The minimum atomic E-state index is -0.807. The summed E-state index contributed by atoms with van der Waals surface area (Å²) < 4.78 is 24.3. The van der Waals surface area contributed by atoms with Gasteiger partial charge in [0.05, 0.1) is 11.7 Å². The zero-order valence-corrected chi connectivity index (χ0v) is 20.7. The first-order chi connectivity index (χ1) is 17.5. The second-order valence-corrected chi connectivity index (χ2v) is 9.83. The van der Waals surface area contributed by atoms with Crippen molar-refractivity contribution in [2.45, 2.75) is 51.2 Å². The molecule has 1 saturated heterocycles. The zero-order valence-electron chi connectivity index (χ0n) is 20.7. The molecule has 2 aliphatic rings. The first-order valence-electron chi connectivity index (χ1n) is 12.7. The minimum absolute atomic E-state index is 0.0623. The van der Waals surface area contributed by atoms with E-state index in [1.807, 2.05) is 47.6 Å². The van der Waals surface area contributed by atoms with Crippen LogP contribution in [-0.4, -0.2) is 66.2 Å². The van der Waals surface area contributed by atoms with Crippen molar-refractivity contribution < 1.29 is 9.13 Å². The molecule has 0 aromatic carbocycles. The zero-order chi connectivity index (χ0) is 24.6. The van der Waals surface area contributed by atoms with Crippen molar-refractivity contribution in [2.24, 2.45) is 7.05 Å². The molecule has 4 aromatic heterocycles. The van der Waals surface area contributed by atoms with Gasteiger partial charge in [0.2, 0.25) is 0 Å². The average molecular weight is 491 g/mol. The summed E-state index contributed by atoms with van der Waals surface area (Å²) in [4.78, 5) is 11.6. The Morgan fingerprint density at radius 1 is 1.11 bits per heavy atom. The summed E-state index contributed by atoms with van der Waals surface area (Å²) in [5.74, 6) is 3.00. The molecule has 0 unspecified atom stereocenters. The molecule has 1 fully saturated rings. The Balaban J connectivity index is 1.36. The average Bonchev–Trinajstić information content (AvgIpc) is 3.51. The van der Waals surface area contributed by atoms with Gasteiger partial charge in [-0.05, 0) is 44.9 Å². The van der Waals surface area contributed by atoms with Gasteiger partial charge in [0.1, 0.15) is 30.1 Å². The van der Waals surface area contributed by atoms with Crippen LogP contribution in [0, 0.1) is 6.92 Å². The molecule has 0 radical (unpaired) electrons. The molecule has 188 valence electrons. The van der Waals surface area contributed by atoms with E-state index in [2.05, 4.69) is 31.5 Å². The number of hydrogen-bond acceptors (Lipinski definition) is 7. The molecule has 2 atom stereocenters. The number of nitrogens with zero attached hydrogens (tertiary/aromatic N) is 7. The minimum Gasteiger partial charge on any atom is -0.488 e. The van der Waals surface area contributed by atoms with Gasteiger partial charge in [0, 0.05) is 55.6 Å². The van der Waals surface area contributed by atoms with Crippen molar-refractivity contribution in [3.63, 3.8) is 0 Å². The Labute approximate surface area is 209 Å². The Morgan fingerprint density at radius 2 is 2.03 bits per heavy atom. The smallest absolute Gasteiger partial charge is 0.165 e. The van der Waals surface area contributed by atoms with Crippen LogP contribution in [-0.2, 0) is 13.5 Å². The summed E-state index contributed by atoms with van der Waals surface area (Å²) in [5, 5.41) is 12.4. The van der Waals surface area contributed by atoms with Crippen LogP contribution in [0.3, 0.4) is 0 Å². The molecule has 1 N–H and O–H groups in total. The topological polar surface area (TPSA) is 85.4 Å². The van der Waals surface area contributed by atoms with Crippen LogP contribution in [0.5, 0.6) is 5.75 Å². The molecular formula is C26H31FN8O. The molecule has 6 rings (SSSR count). The summed E-state index contributed by atoms with van der Waals surface area (Å²) in [6.45, 7) is 3.78. The summed E-state index contributed by atoms with van der Waals surface area (Å²) in [6, 6.07) is 8.06. The van der Waals surface area contributed by atoms with Gasteiger partial charge in [-0.3, -0.25) is 9.58 Å². The maximum Gasteiger partial charge on any atom is 0.165 e. The van der Waals surface area contributed by atoms with Crippen LogP contribution in [0.25, 0.3) is 16.8 Å². The van der Waals surface area contributed by atoms with Crippen LogP contribution in [0.1, 0.15) is 37.2 Å². The predicted octanol–water partition coefficient (Wildman–Crippen LogP) is 4.09. The van der Waals surface area contributed by atoms with E-state index in [4.69, 9.17) is 9.72 Å². The lowest BCUT2D eigenvalue weighted by Gasteiger charge is -2.24. The number of rotatable bonds is 0. The van der Waals surface area contributed by atoms with E-state index in [0.29, 0.717) is 31.1 Å². The van der Waals surface area contributed by atoms with Gasteiger partial charge in [-0.15, -0.1) is 0 Å². The van der Waals surface area contributed by atoms with Gasteiger partial charge in [-0.1, -0.05) is 6.42 Å². The van der Waals surface area contributed by atoms with Gasteiger partial charge < -0.3 is 10.1 Å².